The van der Waals surface area contributed by atoms with Crippen molar-refractivity contribution in [2.24, 2.45) is 0 Å². The van der Waals surface area contributed by atoms with Gasteiger partial charge in [0.25, 0.3) is 5.91 Å². The summed E-state index contributed by atoms with van der Waals surface area (Å²) in [6, 6.07) is 16.4. The van der Waals surface area contributed by atoms with Crippen LogP contribution >= 0.6 is 11.8 Å². The van der Waals surface area contributed by atoms with Crippen LogP contribution in [0.2, 0.25) is 0 Å². The molecule has 134 valence electrons. The Hall–Kier alpha value is -2.11. The minimum atomic E-state index is -0.00923. The Labute approximate surface area is 157 Å². The Balaban J connectivity index is 1.42. The average Bonchev–Trinajstić information content (AvgIpc) is 3.25. The maximum atomic E-state index is 12.5. The van der Waals surface area contributed by atoms with E-state index in [2.05, 4.69) is 10.6 Å². The van der Waals surface area contributed by atoms with E-state index >= 15 is 0 Å². The minimum absolute atomic E-state index is 0.00923. The van der Waals surface area contributed by atoms with Crippen LogP contribution in [0.3, 0.4) is 0 Å². The Morgan fingerprint density at radius 3 is 2.50 bits per heavy atom. The summed E-state index contributed by atoms with van der Waals surface area (Å²) in [4.78, 5) is 26.2. The molecule has 0 aromatic heterocycles. The van der Waals surface area contributed by atoms with Crippen LogP contribution in [-0.2, 0) is 0 Å². The van der Waals surface area contributed by atoms with Gasteiger partial charge in [0.2, 0.25) is 0 Å². The monoisotopic (exact) mass is 366 g/mol. The van der Waals surface area contributed by atoms with Gasteiger partial charge in [0.15, 0.2) is 5.78 Å². The van der Waals surface area contributed by atoms with E-state index in [0.717, 1.165) is 28.2 Å². The number of benzene rings is 2. The molecule has 26 heavy (non-hydrogen) atoms. The molecule has 2 aliphatic rings. The number of hydrogen-bond donors (Lipinski definition) is 2. The summed E-state index contributed by atoms with van der Waals surface area (Å²) in [5.74, 6) is 0.0496. The van der Waals surface area contributed by atoms with Gasteiger partial charge >= 0.3 is 0 Å². The molecule has 0 spiro atoms. The van der Waals surface area contributed by atoms with Crippen molar-refractivity contribution < 1.29 is 9.59 Å². The first kappa shape index (κ1) is 17.3. The average molecular weight is 366 g/mol. The largest absolute Gasteiger partial charge is 0.348 e. The number of fused-ring (bicyclic) bond motifs is 2. The molecule has 3 atom stereocenters. The predicted molar refractivity (Wildman–Crippen MR) is 103 cm³/mol. The fraction of sp³-hybridized carbons (Fsp3) is 0.333. The maximum Gasteiger partial charge on any atom is 0.251 e. The summed E-state index contributed by atoms with van der Waals surface area (Å²) in [6.45, 7) is 1.58. The number of nitrogens with one attached hydrogen (secondary N) is 2. The zero-order chi connectivity index (χ0) is 18.1. The molecular weight excluding hydrogens is 344 g/mol. The fourth-order valence-electron chi connectivity index (χ4n) is 3.88. The van der Waals surface area contributed by atoms with E-state index in [1.165, 1.54) is 6.42 Å². The van der Waals surface area contributed by atoms with E-state index in [4.69, 9.17) is 0 Å². The number of ketones is 1. The molecule has 2 saturated heterocycles. The second-order valence-electron chi connectivity index (χ2n) is 7.04. The molecule has 0 aliphatic carbocycles. The van der Waals surface area contributed by atoms with Crippen molar-refractivity contribution in [1.29, 1.82) is 0 Å². The third-order valence-electron chi connectivity index (χ3n) is 5.23. The van der Waals surface area contributed by atoms with E-state index in [0.29, 0.717) is 17.6 Å². The molecular formula is C21H22N2O2S. The van der Waals surface area contributed by atoms with Crippen molar-refractivity contribution in [1.82, 2.24) is 10.6 Å². The van der Waals surface area contributed by atoms with E-state index in [1.54, 1.807) is 18.7 Å². The van der Waals surface area contributed by atoms with Crippen LogP contribution in [0.5, 0.6) is 0 Å². The highest BCUT2D eigenvalue weighted by molar-refractivity contribution is 7.99. The number of hydrogen-bond acceptors (Lipinski definition) is 4. The van der Waals surface area contributed by atoms with Gasteiger partial charge in [-0.25, -0.2) is 0 Å². The molecule has 4 nitrogen and oxygen atoms in total. The van der Waals surface area contributed by atoms with Crippen LogP contribution < -0.4 is 10.6 Å². The normalized spacial score (nSPS) is 23.8. The molecule has 0 radical (unpaired) electrons. The van der Waals surface area contributed by atoms with Gasteiger partial charge in [0.1, 0.15) is 0 Å². The zero-order valence-corrected chi connectivity index (χ0v) is 15.5. The third kappa shape index (κ3) is 3.55. The third-order valence-corrected chi connectivity index (χ3v) is 6.31. The van der Waals surface area contributed by atoms with Gasteiger partial charge in [-0.15, -0.1) is 0 Å². The molecule has 0 unspecified atom stereocenters. The quantitative estimate of drug-likeness (QED) is 0.793. The van der Waals surface area contributed by atoms with Crippen molar-refractivity contribution in [2.45, 2.75) is 54.1 Å². The molecule has 0 saturated carbocycles. The second-order valence-corrected chi connectivity index (χ2v) is 8.16. The molecule has 5 heteroatoms. The lowest BCUT2D eigenvalue weighted by Gasteiger charge is -2.21. The van der Waals surface area contributed by atoms with Gasteiger partial charge in [-0.3, -0.25) is 9.59 Å². The summed E-state index contributed by atoms with van der Waals surface area (Å²) in [6.07, 6.45) is 3.41. The first-order chi connectivity index (χ1) is 12.6. The van der Waals surface area contributed by atoms with Crippen LogP contribution in [0.25, 0.3) is 0 Å². The number of carbonyl (C=O) groups excluding carboxylic acids is 2. The number of rotatable bonds is 5. The van der Waals surface area contributed by atoms with Gasteiger partial charge < -0.3 is 10.6 Å². The van der Waals surface area contributed by atoms with E-state index in [1.807, 2.05) is 48.5 Å². The predicted octanol–water partition coefficient (Wildman–Crippen LogP) is 3.66. The van der Waals surface area contributed by atoms with Crippen LogP contribution in [0.15, 0.2) is 58.3 Å². The van der Waals surface area contributed by atoms with E-state index in [9.17, 15) is 9.59 Å². The standard InChI is InChI=1S/C21H22N2O2S/c1-13(24)17-4-2-3-5-20(17)26-16-9-6-14(7-10-16)21(25)23-19-12-15-8-11-18(19)22-15/h2-7,9-10,15,18-19,22H,8,11-12H2,1H3,(H,23,25)/t15-,18+,19-/m1/s1. The lowest BCUT2D eigenvalue weighted by atomic mass is 9.95. The van der Waals surface area contributed by atoms with Gasteiger partial charge in [-0.2, -0.15) is 0 Å². The smallest absolute Gasteiger partial charge is 0.251 e. The molecule has 2 aromatic carbocycles. The molecule has 2 aliphatic heterocycles. The summed E-state index contributed by atoms with van der Waals surface area (Å²) >= 11 is 1.54. The highest BCUT2D eigenvalue weighted by atomic mass is 32.2. The molecule has 4 rings (SSSR count). The van der Waals surface area contributed by atoms with Crippen LogP contribution in [0, 0.1) is 0 Å². The Kier molecular flexibility index (Phi) is 4.83. The summed E-state index contributed by atoms with van der Waals surface area (Å²) in [7, 11) is 0. The van der Waals surface area contributed by atoms with Gasteiger partial charge in [0, 0.05) is 39.0 Å². The molecule has 2 aromatic rings. The van der Waals surface area contributed by atoms with Gasteiger partial charge in [-0.05, 0) is 56.5 Å². The molecule has 2 fully saturated rings. The second kappa shape index (κ2) is 7.25. The first-order valence-electron chi connectivity index (χ1n) is 9.05. The lowest BCUT2D eigenvalue weighted by molar-refractivity contribution is 0.0930. The van der Waals surface area contributed by atoms with Gasteiger partial charge in [-0.1, -0.05) is 30.0 Å². The fourth-order valence-corrected chi connectivity index (χ4v) is 4.88. The maximum absolute atomic E-state index is 12.5. The number of amides is 1. The summed E-state index contributed by atoms with van der Waals surface area (Å²) in [5, 5.41) is 6.71. The Morgan fingerprint density at radius 1 is 1.08 bits per heavy atom. The van der Waals surface area contributed by atoms with E-state index in [-0.39, 0.29) is 17.7 Å². The van der Waals surface area contributed by atoms with Crippen LogP contribution in [-0.4, -0.2) is 29.8 Å². The molecule has 2 heterocycles. The van der Waals surface area contributed by atoms with Crippen molar-refractivity contribution in [3.8, 4) is 0 Å². The Bertz CT molecular complexity index is 834. The number of carbonyl (C=O) groups is 2. The van der Waals surface area contributed by atoms with Gasteiger partial charge in [0.05, 0.1) is 0 Å². The molecule has 1 amide bonds. The van der Waals surface area contributed by atoms with E-state index < -0.39 is 0 Å². The molecule has 2 bridgehead atoms. The summed E-state index contributed by atoms with van der Waals surface area (Å²) < 4.78 is 0. The zero-order valence-electron chi connectivity index (χ0n) is 14.7. The number of Topliss-reactive ketones (excluding diaryl/α,β-unsaturated/α-hetero) is 1. The summed E-state index contributed by atoms with van der Waals surface area (Å²) in [5.41, 5.74) is 1.40. The lowest BCUT2D eigenvalue weighted by Crippen LogP contribution is -2.42. The SMILES string of the molecule is CC(=O)c1ccccc1Sc1ccc(C(=O)N[C@@H]2C[C@H]3CC[C@@H]2N3)cc1. The highest BCUT2D eigenvalue weighted by Crippen LogP contribution is 2.31. The first-order valence-corrected chi connectivity index (χ1v) is 9.86. The minimum Gasteiger partial charge on any atom is -0.348 e. The Morgan fingerprint density at radius 2 is 1.85 bits per heavy atom. The van der Waals surface area contributed by atoms with Crippen molar-refractivity contribution in [3.63, 3.8) is 0 Å². The highest BCUT2D eigenvalue weighted by Gasteiger charge is 2.39. The van der Waals surface area contributed by atoms with Crippen molar-refractivity contribution >= 4 is 23.5 Å². The van der Waals surface area contributed by atoms with Crippen LogP contribution in [0.4, 0.5) is 0 Å². The van der Waals surface area contributed by atoms with Crippen molar-refractivity contribution in [2.75, 3.05) is 0 Å². The van der Waals surface area contributed by atoms with Crippen LogP contribution in [0.1, 0.15) is 46.9 Å². The van der Waals surface area contributed by atoms with Crippen molar-refractivity contribution in [3.05, 3.63) is 59.7 Å². The topological polar surface area (TPSA) is 58.2 Å². The molecule has 2 N–H and O–H groups in total.